The van der Waals surface area contributed by atoms with Crippen molar-refractivity contribution >= 4 is 11.7 Å². The molecule has 1 amide bonds. The molecule has 0 bridgehead atoms. The van der Waals surface area contributed by atoms with Crippen LogP contribution in [-0.4, -0.2) is 22.6 Å². The molecule has 0 aliphatic carbocycles. The standard InChI is InChI=1S/C13H15N3O/c1-10-6-11(2)8-12(7-10)15(3)13(17)16-5-4-14-9-16/h4-9H,1-3H3. The second-order valence-corrected chi connectivity index (χ2v) is 4.16. The van der Waals surface area contributed by atoms with Crippen LogP contribution in [0.4, 0.5) is 10.5 Å². The van der Waals surface area contributed by atoms with Gasteiger partial charge in [-0.1, -0.05) is 6.07 Å². The van der Waals surface area contributed by atoms with Gasteiger partial charge in [0, 0.05) is 25.1 Å². The van der Waals surface area contributed by atoms with Crippen LogP contribution in [0.3, 0.4) is 0 Å². The predicted octanol–water partition coefficient (Wildman–Crippen LogP) is 2.60. The third-order valence-electron chi connectivity index (χ3n) is 2.61. The van der Waals surface area contributed by atoms with Crippen molar-refractivity contribution < 1.29 is 4.79 Å². The molecule has 0 saturated carbocycles. The molecule has 0 N–H and O–H groups in total. The molecule has 0 aliphatic rings. The second-order valence-electron chi connectivity index (χ2n) is 4.16. The van der Waals surface area contributed by atoms with E-state index in [0.717, 1.165) is 16.8 Å². The topological polar surface area (TPSA) is 38.1 Å². The molecule has 4 heteroatoms. The number of rotatable bonds is 1. The number of hydrogen-bond donors (Lipinski definition) is 0. The summed E-state index contributed by atoms with van der Waals surface area (Å²) >= 11 is 0. The van der Waals surface area contributed by atoms with E-state index in [4.69, 9.17) is 0 Å². The van der Waals surface area contributed by atoms with Crippen molar-refractivity contribution in [2.45, 2.75) is 13.8 Å². The van der Waals surface area contributed by atoms with Crippen molar-refractivity contribution in [3.8, 4) is 0 Å². The lowest BCUT2D eigenvalue weighted by Gasteiger charge is -2.18. The first-order valence-corrected chi connectivity index (χ1v) is 5.42. The smallest absolute Gasteiger partial charge is 0.297 e. The highest BCUT2D eigenvalue weighted by atomic mass is 16.2. The maximum absolute atomic E-state index is 12.1. The average Bonchev–Trinajstić information content (AvgIpc) is 2.79. The number of anilines is 1. The van der Waals surface area contributed by atoms with E-state index >= 15 is 0 Å². The van der Waals surface area contributed by atoms with Gasteiger partial charge in [0.05, 0.1) is 0 Å². The van der Waals surface area contributed by atoms with Crippen molar-refractivity contribution in [1.82, 2.24) is 9.55 Å². The molecule has 0 radical (unpaired) electrons. The van der Waals surface area contributed by atoms with Crippen molar-refractivity contribution in [1.29, 1.82) is 0 Å². The summed E-state index contributed by atoms with van der Waals surface area (Å²) in [6.07, 6.45) is 4.73. The number of carbonyl (C=O) groups excluding carboxylic acids is 1. The number of amides is 1. The zero-order valence-corrected chi connectivity index (χ0v) is 10.2. The molecule has 2 aromatic rings. The van der Waals surface area contributed by atoms with Gasteiger partial charge in [-0.15, -0.1) is 0 Å². The molecule has 0 atom stereocenters. The highest BCUT2D eigenvalue weighted by Gasteiger charge is 2.12. The fourth-order valence-corrected chi connectivity index (χ4v) is 1.80. The van der Waals surface area contributed by atoms with Crippen LogP contribution in [-0.2, 0) is 0 Å². The summed E-state index contributed by atoms with van der Waals surface area (Å²) in [7, 11) is 1.76. The van der Waals surface area contributed by atoms with Crippen LogP contribution in [0.15, 0.2) is 36.9 Å². The highest BCUT2D eigenvalue weighted by Crippen LogP contribution is 2.18. The monoisotopic (exact) mass is 229 g/mol. The number of aryl methyl sites for hydroxylation is 2. The molecular weight excluding hydrogens is 214 g/mol. The van der Waals surface area contributed by atoms with Crippen LogP contribution in [0.1, 0.15) is 11.1 Å². The van der Waals surface area contributed by atoms with Crippen LogP contribution in [0.5, 0.6) is 0 Å². The molecule has 1 heterocycles. The minimum Gasteiger partial charge on any atom is -0.297 e. The van der Waals surface area contributed by atoms with E-state index in [1.165, 1.54) is 10.9 Å². The second kappa shape index (κ2) is 4.41. The van der Waals surface area contributed by atoms with Gasteiger partial charge in [-0.25, -0.2) is 9.78 Å². The number of nitrogens with zero attached hydrogens (tertiary/aromatic N) is 3. The van der Waals surface area contributed by atoms with E-state index in [2.05, 4.69) is 11.1 Å². The Morgan fingerprint density at radius 1 is 1.24 bits per heavy atom. The summed E-state index contributed by atoms with van der Waals surface area (Å²) in [5.74, 6) is 0. The molecule has 88 valence electrons. The van der Waals surface area contributed by atoms with E-state index in [1.807, 2.05) is 26.0 Å². The molecule has 0 aliphatic heterocycles. The van der Waals surface area contributed by atoms with Gasteiger partial charge in [-0.3, -0.25) is 9.47 Å². The summed E-state index contributed by atoms with van der Waals surface area (Å²) in [6.45, 7) is 4.04. The van der Waals surface area contributed by atoms with E-state index in [1.54, 1.807) is 24.3 Å². The van der Waals surface area contributed by atoms with Crippen LogP contribution >= 0.6 is 0 Å². The van der Waals surface area contributed by atoms with Crippen molar-refractivity contribution in [3.63, 3.8) is 0 Å². The first kappa shape index (κ1) is 11.4. The highest BCUT2D eigenvalue weighted by molar-refractivity contribution is 5.93. The zero-order chi connectivity index (χ0) is 12.4. The Hall–Kier alpha value is -2.10. The molecule has 17 heavy (non-hydrogen) atoms. The molecule has 2 rings (SSSR count). The van der Waals surface area contributed by atoms with Crippen LogP contribution in [0.25, 0.3) is 0 Å². The molecule has 1 aromatic heterocycles. The van der Waals surface area contributed by atoms with E-state index < -0.39 is 0 Å². The first-order chi connectivity index (χ1) is 8.08. The van der Waals surface area contributed by atoms with E-state index in [-0.39, 0.29) is 6.03 Å². The fraction of sp³-hybridized carbons (Fsp3) is 0.231. The van der Waals surface area contributed by atoms with Gasteiger partial charge in [0.15, 0.2) is 0 Å². The van der Waals surface area contributed by atoms with E-state index in [0.29, 0.717) is 0 Å². The minimum atomic E-state index is -0.118. The van der Waals surface area contributed by atoms with Crippen LogP contribution in [0, 0.1) is 13.8 Å². The molecule has 4 nitrogen and oxygen atoms in total. The van der Waals surface area contributed by atoms with Crippen molar-refractivity contribution in [2.75, 3.05) is 11.9 Å². The normalized spacial score (nSPS) is 10.3. The van der Waals surface area contributed by atoms with Gasteiger partial charge in [-0.05, 0) is 37.1 Å². The van der Waals surface area contributed by atoms with Crippen molar-refractivity contribution in [2.24, 2.45) is 0 Å². The number of benzene rings is 1. The fourth-order valence-electron chi connectivity index (χ4n) is 1.80. The lowest BCUT2D eigenvalue weighted by atomic mass is 10.1. The summed E-state index contributed by atoms with van der Waals surface area (Å²) in [5, 5.41) is 0. The Morgan fingerprint density at radius 3 is 2.41 bits per heavy atom. The summed E-state index contributed by atoms with van der Waals surface area (Å²) in [5.41, 5.74) is 3.18. The first-order valence-electron chi connectivity index (χ1n) is 5.42. The lowest BCUT2D eigenvalue weighted by Crippen LogP contribution is -2.30. The Bertz CT molecular complexity index is 511. The van der Waals surface area contributed by atoms with Crippen LogP contribution in [0.2, 0.25) is 0 Å². The molecule has 0 spiro atoms. The van der Waals surface area contributed by atoms with Gasteiger partial charge in [0.2, 0.25) is 0 Å². The number of imidazole rings is 1. The average molecular weight is 229 g/mol. The molecular formula is C13H15N3O. The van der Waals surface area contributed by atoms with Gasteiger partial charge in [-0.2, -0.15) is 0 Å². The molecule has 0 saturated heterocycles. The van der Waals surface area contributed by atoms with Gasteiger partial charge in [0.1, 0.15) is 6.33 Å². The SMILES string of the molecule is Cc1cc(C)cc(N(C)C(=O)n2ccnc2)c1. The Balaban J connectivity index is 2.31. The lowest BCUT2D eigenvalue weighted by molar-refractivity contribution is 0.249. The van der Waals surface area contributed by atoms with Gasteiger partial charge >= 0.3 is 6.03 Å². The Labute approximate surface area is 101 Å². The maximum atomic E-state index is 12.1. The summed E-state index contributed by atoms with van der Waals surface area (Å²) in [6, 6.07) is 5.94. The number of carbonyl (C=O) groups is 1. The van der Waals surface area contributed by atoms with E-state index in [9.17, 15) is 4.79 Å². The summed E-state index contributed by atoms with van der Waals surface area (Å²) in [4.78, 5) is 17.6. The Morgan fingerprint density at radius 2 is 1.88 bits per heavy atom. The van der Waals surface area contributed by atoms with Gasteiger partial charge in [0.25, 0.3) is 0 Å². The number of aromatic nitrogens is 2. The quantitative estimate of drug-likeness (QED) is 0.753. The third-order valence-corrected chi connectivity index (χ3v) is 2.61. The van der Waals surface area contributed by atoms with Crippen LogP contribution < -0.4 is 4.90 Å². The molecule has 0 unspecified atom stereocenters. The molecule has 0 fully saturated rings. The predicted molar refractivity (Wildman–Crippen MR) is 67.3 cm³/mol. The maximum Gasteiger partial charge on any atom is 0.333 e. The van der Waals surface area contributed by atoms with Crippen molar-refractivity contribution in [3.05, 3.63) is 48.0 Å². The van der Waals surface area contributed by atoms with Gasteiger partial charge < -0.3 is 0 Å². The zero-order valence-electron chi connectivity index (χ0n) is 10.2. The third kappa shape index (κ3) is 2.36. The Kier molecular flexibility index (Phi) is 2.95. The number of hydrogen-bond acceptors (Lipinski definition) is 2. The largest absolute Gasteiger partial charge is 0.333 e. The molecule has 1 aromatic carbocycles. The minimum absolute atomic E-state index is 0.118. The summed E-state index contributed by atoms with van der Waals surface area (Å²) < 4.78 is 1.46.